The molecule has 1 aliphatic heterocycles. The van der Waals surface area contributed by atoms with Gasteiger partial charge in [-0.3, -0.25) is 0 Å². The first kappa shape index (κ1) is 6.30. The SMILES string of the molecule is CC1CCC[Si](C)O1. The molecule has 1 rings (SSSR count). The Bertz CT molecular complexity index is 66.9. The Morgan fingerprint density at radius 1 is 1.62 bits per heavy atom. The first-order valence-corrected chi connectivity index (χ1v) is 5.39. The minimum atomic E-state index is -0.342. The van der Waals surface area contributed by atoms with Crippen LogP contribution in [-0.2, 0) is 4.43 Å². The highest BCUT2D eigenvalue weighted by molar-refractivity contribution is 6.50. The molecule has 0 amide bonds. The van der Waals surface area contributed by atoms with Gasteiger partial charge in [-0.2, -0.15) is 0 Å². The van der Waals surface area contributed by atoms with Crippen molar-refractivity contribution >= 4 is 9.04 Å². The quantitative estimate of drug-likeness (QED) is 0.453. The first-order valence-electron chi connectivity index (χ1n) is 3.28. The van der Waals surface area contributed by atoms with Crippen LogP contribution < -0.4 is 0 Å². The molecular formula is C6H13OSi. The lowest BCUT2D eigenvalue weighted by Crippen LogP contribution is -2.25. The van der Waals surface area contributed by atoms with Gasteiger partial charge in [0.15, 0.2) is 0 Å². The second kappa shape index (κ2) is 2.64. The van der Waals surface area contributed by atoms with Crippen molar-refractivity contribution < 1.29 is 4.43 Å². The summed E-state index contributed by atoms with van der Waals surface area (Å²) in [5, 5.41) is 0. The van der Waals surface area contributed by atoms with E-state index in [-0.39, 0.29) is 9.04 Å². The molecule has 0 spiro atoms. The van der Waals surface area contributed by atoms with Gasteiger partial charge in [0.05, 0.1) is 0 Å². The van der Waals surface area contributed by atoms with Gasteiger partial charge in [0.25, 0.3) is 0 Å². The van der Waals surface area contributed by atoms with Crippen LogP contribution in [0.3, 0.4) is 0 Å². The van der Waals surface area contributed by atoms with E-state index in [0.29, 0.717) is 6.10 Å². The maximum atomic E-state index is 5.59. The first-order chi connectivity index (χ1) is 3.79. The lowest BCUT2D eigenvalue weighted by atomic mass is 10.2. The number of rotatable bonds is 0. The normalized spacial score (nSPS) is 33.0. The van der Waals surface area contributed by atoms with Crippen molar-refractivity contribution in [3.63, 3.8) is 0 Å². The van der Waals surface area contributed by atoms with Crippen molar-refractivity contribution in [1.82, 2.24) is 0 Å². The molecule has 0 aromatic heterocycles. The summed E-state index contributed by atoms with van der Waals surface area (Å²) in [5.41, 5.74) is 0. The fourth-order valence-corrected chi connectivity index (χ4v) is 2.72. The van der Waals surface area contributed by atoms with Crippen molar-refractivity contribution in [2.45, 2.75) is 38.5 Å². The summed E-state index contributed by atoms with van der Waals surface area (Å²) in [6, 6.07) is 1.36. The molecule has 1 atom stereocenters. The highest BCUT2D eigenvalue weighted by Crippen LogP contribution is 2.15. The summed E-state index contributed by atoms with van der Waals surface area (Å²) in [6.07, 6.45) is 3.23. The Morgan fingerprint density at radius 3 is 2.75 bits per heavy atom. The molecule has 0 aromatic carbocycles. The molecule has 0 N–H and O–H groups in total. The van der Waals surface area contributed by atoms with Gasteiger partial charge < -0.3 is 4.43 Å². The smallest absolute Gasteiger partial charge is 0.208 e. The van der Waals surface area contributed by atoms with Crippen LogP contribution in [-0.4, -0.2) is 15.1 Å². The third-order valence-electron chi connectivity index (χ3n) is 1.54. The van der Waals surface area contributed by atoms with Crippen molar-refractivity contribution in [1.29, 1.82) is 0 Å². The summed E-state index contributed by atoms with van der Waals surface area (Å²) in [6.45, 7) is 4.42. The monoisotopic (exact) mass is 129 g/mol. The van der Waals surface area contributed by atoms with Crippen molar-refractivity contribution in [3.8, 4) is 0 Å². The standard InChI is InChI=1S/C6H13OSi/c1-6-4-3-5-8(2)7-6/h6H,3-5H2,1-2H3. The second-order valence-electron chi connectivity index (χ2n) is 2.52. The molecule has 1 radical (unpaired) electrons. The zero-order valence-corrected chi connectivity index (χ0v) is 6.61. The van der Waals surface area contributed by atoms with E-state index in [0.717, 1.165) is 0 Å². The average Bonchev–Trinajstić information content (AvgIpc) is 1.64. The van der Waals surface area contributed by atoms with Gasteiger partial charge in [-0.05, 0) is 25.9 Å². The van der Waals surface area contributed by atoms with Crippen molar-refractivity contribution in [3.05, 3.63) is 0 Å². The van der Waals surface area contributed by atoms with Gasteiger partial charge in [-0.25, -0.2) is 0 Å². The van der Waals surface area contributed by atoms with Gasteiger partial charge in [-0.1, -0.05) is 6.42 Å². The Balaban J connectivity index is 2.23. The van der Waals surface area contributed by atoms with E-state index in [2.05, 4.69) is 13.5 Å². The summed E-state index contributed by atoms with van der Waals surface area (Å²) in [7, 11) is -0.342. The van der Waals surface area contributed by atoms with E-state index < -0.39 is 0 Å². The van der Waals surface area contributed by atoms with Gasteiger partial charge >= 0.3 is 0 Å². The molecule has 2 heteroatoms. The fraction of sp³-hybridized carbons (Fsp3) is 1.00. The Morgan fingerprint density at radius 2 is 2.38 bits per heavy atom. The fourth-order valence-electron chi connectivity index (χ4n) is 1.10. The van der Waals surface area contributed by atoms with Crippen LogP contribution in [0.4, 0.5) is 0 Å². The van der Waals surface area contributed by atoms with Gasteiger partial charge in [0.2, 0.25) is 9.04 Å². The molecule has 1 fully saturated rings. The van der Waals surface area contributed by atoms with Crippen LogP contribution in [0.1, 0.15) is 19.8 Å². The molecule has 0 aliphatic carbocycles. The molecule has 1 heterocycles. The zero-order valence-electron chi connectivity index (χ0n) is 5.61. The van der Waals surface area contributed by atoms with Crippen LogP contribution >= 0.6 is 0 Å². The second-order valence-corrected chi connectivity index (χ2v) is 4.66. The van der Waals surface area contributed by atoms with Crippen LogP contribution in [0, 0.1) is 0 Å². The largest absolute Gasteiger partial charge is 0.414 e. The molecule has 1 nitrogen and oxygen atoms in total. The van der Waals surface area contributed by atoms with Crippen LogP contribution in [0.25, 0.3) is 0 Å². The maximum absolute atomic E-state index is 5.59. The van der Waals surface area contributed by atoms with Gasteiger partial charge in [0, 0.05) is 6.10 Å². The van der Waals surface area contributed by atoms with Gasteiger partial charge in [0.1, 0.15) is 0 Å². The molecule has 1 saturated heterocycles. The molecule has 1 aliphatic rings. The third-order valence-corrected chi connectivity index (χ3v) is 3.40. The molecular weight excluding hydrogens is 116 g/mol. The minimum Gasteiger partial charge on any atom is -0.414 e. The van der Waals surface area contributed by atoms with Crippen molar-refractivity contribution in [2.24, 2.45) is 0 Å². The van der Waals surface area contributed by atoms with Crippen molar-refractivity contribution in [2.75, 3.05) is 0 Å². The van der Waals surface area contributed by atoms with Crippen LogP contribution in [0.2, 0.25) is 12.6 Å². The molecule has 0 aromatic rings. The number of hydrogen-bond donors (Lipinski definition) is 0. The summed E-state index contributed by atoms with van der Waals surface area (Å²) in [5.74, 6) is 0. The predicted octanol–water partition coefficient (Wildman–Crippen LogP) is 1.81. The maximum Gasteiger partial charge on any atom is 0.208 e. The number of hydrogen-bond acceptors (Lipinski definition) is 1. The van der Waals surface area contributed by atoms with Crippen LogP contribution in [0.15, 0.2) is 0 Å². The Hall–Kier alpha value is 0.177. The van der Waals surface area contributed by atoms with E-state index in [1.807, 2.05) is 0 Å². The summed E-state index contributed by atoms with van der Waals surface area (Å²) in [4.78, 5) is 0. The molecule has 0 bridgehead atoms. The van der Waals surface area contributed by atoms with E-state index in [9.17, 15) is 0 Å². The molecule has 8 heavy (non-hydrogen) atoms. The van der Waals surface area contributed by atoms with E-state index in [1.54, 1.807) is 0 Å². The van der Waals surface area contributed by atoms with Crippen LogP contribution in [0.5, 0.6) is 0 Å². The average molecular weight is 129 g/mol. The lowest BCUT2D eigenvalue weighted by Gasteiger charge is -2.22. The lowest BCUT2D eigenvalue weighted by molar-refractivity contribution is 0.192. The Labute approximate surface area is 52.8 Å². The minimum absolute atomic E-state index is 0.342. The molecule has 47 valence electrons. The molecule has 1 unspecified atom stereocenters. The van der Waals surface area contributed by atoms with Gasteiger partial charge in [-0.15, -0.1) is 0 Å². The van der Waals surface area contributed by atoms with E-state index in [1.165, 1.54) is 18.9 Å². The topological polar surface area (TPSA) is 9.23 Å². The third kappa shape index (κ3) is 1.60. The summed E-state index contributed by atoms with van der Waals surface area (Å²) >= 11 is 0. The zero-order chi connectivity index (χ0) is 5.98. The predicted molar refractivity (Wildman–Crippen MR) is 36.2 cm³/mol. The highest BCUT2D eigenvalue weighted by atomic mass is 28.3. The summed E-state index contributed by atoms with van der Waals surface area (Å²) < 4.78 is 5.59. The van der Waals surface area contributed by atoms with E-state index >= 15 is 0 Å². The highest BCUT2D eigenvalue weighted by Gasteiger charge is 2.16. The molecule has 0 saturated carbocycles. The van der Waals surface area contributed by atoms with E-state index in [4.69, 9.17) is 4.43 Å². The Kier molecular flexibility index (Phi) is 2.08.